The minimum atomic E-state index is -0.825. The lowest BCUT2D eigenvalue weighted by atomic mass is 9.88. The van der Waals surface area contributed by atoms with E-state index in [2.05, 4.69) is 5.32 Å². The number of carbonyl (C=O) groups excluding carboxylic acids is 3. The number of urea groups is 1. The van der Waals surface area contributed by atoms with Crippen molar-refractivity contribution in [2.75, 3.05) is 37.6 Å². The Kier molecular flexibility index (Phi) is 8.49. The minimum absolute atomic E-state index is 0.00190. The Hall–Kier alpha value is -3.20. The van der Waals surface area contributed by atoms with Crippen LogP contribution in [0.3, 0.4) is 0 Å². The Bertz CT molecular complexity index is 1230. The van der Waals surface area contributed by atoms with Crippen molar-refractivity contribution in [1.29, 1.82) is 0 Å². The first-order valence-electron chi connectivity index (χ1n) is 13.3. The van der Waals surface area contributed by atoms with E-state index in [1.165, 1.54) is 11.0 Å². The smallest absolute Gasteiger partial charge is 0.317 e. The molecule has 0 spiro atoms. The number of rotatable bonds is 5. The first-order chi connectivity index (χ1) is 18.4. The topological polar surface area (TPSA) is 73.0 Å². The second-order valence-corrected chi connectivity index (χ2v) is 11.7. The van der Waals surface area contributed by atoms with Crippen LogP contribution in [-0.2, 0) is 9.59 Å². The Morgan fingerprint density at radius 2 is 1.72 bits per heavy atom. The van der Waals surface area contributed by atoms with Crippen molar-refractivity contribution in [1.82, 2.24) is 15.1 Å². The molecule has 10 heteroatoms. The maximum atomic E-state index is 14.9. The van der Waals surface area contributed by atoms with Crippen LogP contribution in [0.15, 0.2) is 42.5 Å². The van der Waals surface area contributed by atoms with Gasteiger partial charge in [-0.1, -0.05) is 44.5 Å². The molecular formula is C29H35ClF2N4O3. The zero-order valence-corrected chi connectivity index (χ0v) is 23.5. The number of hydrogen-bond acceptors (Lipinski definition) is 3. The molecule has 0 radical (unpaired) electrons. The van der Waals surface area contributed by atoms with Crippen LogP contribution in [0.1, 0.15) is 45.6 Å². The summed E-state index contributed by atoms with van der Waals surface area (Å²) in [6, 6.07) is 9.77. The number of nitrogens with zero attached hydrogens (tertiary/aromatic N) is 3. The van der Waals surface area contributed by atoms with Gasteiger partial charge in [-0.2, -0.15) is 0 Å². The van der Waals surface area contributed by atoms with Crippen LogP contribution in [0.5, 0.6) is 0 Å². The largest absolute Gasteiger partial charge is 0.340 e. The zero-order valence-electron chi connectivity index (χ0n) is 22.7. The molecule has 2 aliphatic rings. The van der Waals surface area contributed by atoms with Gasteiger partial charge in [-0.05, 0) is 43.2 Å². The number of benzene rings is 2. The van der Waals surface area contributed by atoms with Gasteiger partial charge >= 0.3 is 6.03 Å². The molecule has 7 nitrogen and oxygen atoms in total. The summed E-state index contributed by atoms with van der Waals surface area (Å²) in [5.41, 5.74) is 0.0902. The molecule has 0 aromatic heterocycles. The number of likely N-dealkylation sites (tertiary alicyclic amines) is 2. The highest BCUT2D eigenvalue weighted by Crippen LogP contribution is 2.37. The van der Waals surface area contributed by atoms with E-state index in [1.54, 1.807) is 42.7 Å². The fourth-order valence-electron chi connectivity index (χ4n) is 5.43. The highest BCUT2D eigenvalue weighted by molar-refractivity contribution is 6.30. The van der Waals surface area contributed by atoms with Gasteiger partial charge in [-0.25, -0.2) is 13.6 Å². The van der Waals surface area contributed by atoms with E-state index >= 15 is 0 Å². The molecule has 3 atom stereocenters. The average molecular weight is 561 g/mol. The number of hydrogen-bond donors (Lipinski definition) is 1. The summed E-state index contributed by atoms with van der Waals surface area (Å²) in [6.45, 7) is 8.78. The SMILES string of the molecule is CCNC(=O)N1C[C@@H](C(=O)N2CC[C@H](N(C(=O)C(C)(C)C)c3ccc(F)cc3F)C2)[C@H](c2ccc(Cl)cc2)C1. The molecule has 1 N–H and O–H groups in total. The first-order valence-corrected chi connectivity index (χ1v) is 13.6. The van der Waals surface area contributed by atoms with Crippen molar-refractivity contribution >= 4 is 35.1 Å². The first kappa shape index (κ1) is 28.8. The molecule has 0 saturated carbocycles. The minimum Gasteiger partial charge on any atom is -0.340 e. The van der Waals surface area contributed by atoms with E-state index in [0.29, 0.717) is 31.1 Å². The molecule has 2 fully saturated rings. The van der Waals surface area contributed by atoms with Crippen LogP contribution in [0.25, 0.3) is 0 Å². The number of halogens is 3. The summed E-state index contributed by atoms with van der Waals surface area (Å²) >= 11 is 6.09. The quantitative estimate of drug-likeness (QED) is 0.557. The number of carbonyl (C=O) groups is 3. The third kappa shape index (κ3) is 6.19. The Morgan fingerprint density at radius 3 is 2.33 bits per heavy atom. The highest BCUT2D eigenvalue weighted by atomic mass is 35.5. The van der Waals surface area contributed by atoms with E-state index in [9.17, 15) is 23.2 Å². The summed E-state index contributed by atoms with van der Waals surface area (Å²) in [6.07, 6.45) is 0.447. The van der Waals surface area contributed by atoms with Gasteiger partial charge in [0.2, 0.25) is 11.8 Å². The predicted octanol–water partition coefficient (Wildman–Crippen LogP) is 5.04. The molecule has 2 aromatic rings. The fraction of sp³-hybridized carbons (Fsp3) is 0.483. The molecule has 4 amide bonds. The van der Waals surface area contributed by atoms with Gasteiger partial charge in [-0.3, -0.25) is 9.59 Å². The third-order valence-corrected chi connectivity index (χ3v) is 7.67. The van der Waals surface area contributed by atoms with E-state index in [-0.39, 0.29) is 42.5 Å². The lowest BCUT2D eigenvalue weighted by molar-refractivity contribution is -0.134. The molecule has 0 unspecified atom stereocenters. The van der Waals surface area contributed by atoms with Crippen LogP contribution in [0.2, 0.25) is 5.02 Å². The maximum Gasteiger partial charge on any atom is 0.317 e. The van der Waals surface area contributed by atoms with Gasteiger partial charge < -0.3 is 20.0 Å². The summed E-state index contributed by atoms with van der Waals surface area (Å²) in [5.74, 6) is -2.69. The van der Waals surface area contributed by atoms with Gasteiger partial charge in [0.25, 0.3) is 0 Å². The lowest BCUT2D eigenvalue weighted by Crippen LogP contribution is -2.48. The van der Waals surface area contributed by atoms with Gasteiger partial charge in [0.05, 0.1) is 17.6 Å². The monoisotopic (exact) mass is 560 g/mol. The van der Waals surface area contributed by atoms with Crippen molar-refractivity contribution < 1.29 is 23.2 Å². The van der Waals surface area contributed by atoms with Crippen molar-refractivity contribution in [3.05, 3.63) is 64.7 Å². The van der Waals surface area contributed by atoms with Crippen molar-refractivity contribution in [2.45, 2.75) is 46.1 Å². The maximum absolute atomic E-state index is 14.9. The predicted molar refractivity (Wildman–Crippen MR) is 147 cm³/mol. The molecular weight excluding hydrogens is 526 g/mol. The standard InChI is InChI=1S/C29H35ClF2N4O3/c1-5-33-28(39)35-16-22(18-6-8-19(30)9-7-18)23(17-35)26(37)34-13-12-21(15-34)36(27(38)29(2,3)4)25-11-10-20(31)14-24(25)32/h6-11,14,21-23H,5,12-13,15-17H2,1-4H3,(H,33,39)/t21-,22-,23+/m0/s1. The molecule has 210 valence electrons. The normalized spacial score (nSPS) is 21.3. The molecule has 0 aliphatic carbocycles. The van der Waals surface area contributed by atoms with Crippen LogP contribution < -0.4 is 10.2 Å². The van der Waals surface area contributed by atoms with Crippen LogP contribution >= 0.6 is 11.6 Å². The molecule has 2 heterocycles. The van der Waals surface area contributed by atoms with Gasteiger partial charge in [-0.15, -0.1) is 0 Å². The second kappa shape index (κ2) is 11.5. The van der Waals surface area contributed by atoms with E-state index in [0.717, 1.165) is 17.7 Å². The molecule has 2 aliphatic heterocycles. The van der Waals surface area contributed by atoms with Crippen molar-refractivity contribution in [2.24, 2.45) is 11.3 Å². The highest BCUT2D eigenvalue weighted by Gasteiger charge is 2.45. The number of nitrogens with one attached hydrogen (secondary N) is 1. The Balaban J connectivity index is 1.59. The lowest BCUT2D eigenvalue weighted by Gasteiger charge is -2.34. The average Bonchev–Trinajstić information content (AvgIpc) is 3.53. The fourth-order valence-corrected chi connectivity index (χ4v) is 5.55. The Morgan fingerprint density at radius 1 is 1.03 bits per heavy atom. The number of anilines is 1. The van der Waals surface area contributed by atoms with Gasteiger partial charge in [0, 0.05) is 55.1 Å². The second-order valence-electron chi connectivity index (χ2n) is 11.3. The summed E-state index contributed by atoms with van der Waals surface area (Å²) < 4.78 is 28.5. The van der Waals surface area contributed by atoms with Crippen LogP contribution in [0, 0.1) is 23.0 Å². The molecule has 0 bridgehead atoms. The zero-order chi connectivity index (χ0) is 28.5. The molecule has 4 rings (SSSR count). The van der Waals surface area contributed by atoms with Crippen LogP contribution in [0.4, 0.5) is 19.3 Å². The van der Waals surface area contributed by atoms with E-state index in [1.807, 2.05) is 19.1 Å². The van der Waals surface area contributed by atoms with E-state index in [4.69, 9.17) is 11.6 Å². The van der Waals surface area contributed by atoms with Gasteiger partial charge in [0.1, 0.15) is 11.6 Å². The van der Waals surface area contributed by atoms with Crippen LogP contribution in [-0.4, -0.2) is 66.4 Å². The summed E-state index contributed by atoms with van der Waals surface area (Å²) in [5, 5.41) is 3.39. The molecule has 39 heavy (non-hydrogen) atoms. The van der Waals surface area contributed by atoms with Gasteiger partial charge in [0.15, 0.2) is 0 Å². The Labute approximate surface area is 233 Å². The van der Waals surface area contributed by atoms with Crippen molar-refractivity contribution in [3.63, 3.8) is 0 Å². The molecule has 2 aromatic carbocycles. The summed E-state index contributed by atoms with van der Waals surface area (Å²) in [4.78, 5) is 44.8. The van der Waals surface area contributed by atoms with Crippen molar-refractivity contribution in [3.8, 4) is 0 Å². The van der Waals surface area contributed by atoms with E-state index < -0.39 is 29.0 Å². The molecule has 2 saturated heterocycles. The summed E-state index contributed by atoms with van der Waals surface area (Å²) in [7, 11) is 0. The number of amides is 4. The third-order valence-electron chi connectivity index (χ3n) is 7.42.